The second-order valence-corrected chi connectivity index (χ2v) is 10.1. The van der Waals surface area contributed by atoms with Crippen molar-refractivity contribution in [3.8, 4) is 0 Å². The zero-order valence-corrected chi connectivity index (χ0v) is 19.4. The van der Waals surface area contributed by atoms with Crippen molar-refractivity contribution in [1.82, 2.24) is 0 Å². The number of rotatable bonds is 10. The first-order valence-electron chi connectivity index (χ1n) is 12.2. The molecule has 2 aliphatic carbocycles. The maximum atomic E-state index is 12.2. The highest BCUT2D eigenvalue weighted by Crippen LogP contribution is 2.37. The fourth-order valence-electron chi connectivity index (χ4n) is 4.95. The van der Waals surface area contributed by atoms with Gasteiger partial charge in [0.25, 0.3) is 0 Å². The van der Waals surface area contributed by atoms with Crippen LogP contribution in [0.25, 0.3) is 0 Å². The van der Waals surface area contributed by atoms with Crippen molar-refractivity contribution >= 4 is 11.9 Å². The van der Waals surface area contributed by atoms with Crippen molar-refractivity contribution in [3.63, 3.8) is 0 Å². The van der Waals surface area contributed by atoms with E-state index >= 15 is 0 Å². The van der Waals surface area contributed by atoms with Gasteiger partial charge in [0.1, 0.15) is 11.2 Å². The molecule has 0 aliphatic heterocycles. The van der Waals surface area contributed by atoms with E-state index < -0.39 is 0 Å². The molecule has 0 saturated heterocycles. The maximum absolute atomic E-state index is 12.2. The van der Waals surface area contributed by atoms with Gasteiger partial charge in [-0.15, -0.1) is 0 Å². The fraction of sp³-hybridized carbons (Fsp3) is 0.920. The van der Waals surface area contributed by atoms with Gasteiger partial charge in [0.15, 0.2) is 0 Å². The predicted octanol–water partition coefficient (Wildman–Crippen LogP) is 6.74. The topological polar surface area (TPSA) is 52.6 Å². The standard InChI is InChI=1S/C25H44O4/c1-20-14-10-12-18-24(20,3)28-22(26)16-8-6-5-7-9-17-23(27)29-25(4)19-13-11-15-21(25)2/h20-21H,5-19H2,1-4H3. The Morgan fingerprint density at radius 3 is 1.45 bits per heavy atom. The van der Waals surface area contributed by atoms with Gasteiger partial charge in [-0.3, -0.25) is 9.59 Å². The average molecular weight is 409 g/mol. The van der Waals surface area contributed by atoms with E-state index in [0.29, 0.717) is 24.7 Å². The lowest BCUT2D eigenvalue weighted by molar-refractivity contribution is -0.168. The normalized spacial score (nSPS) is 32.6. The molecule has 2 aliphatic rings. The number of carbonyl (C=O) groups is 2. The molecule has 4 unspecified atom stereocenters. The van der Waals surface area contributed by atoms with Crippen LogP contribution in [0, 0.1) is 11.8 Å². The summed E-state index contributed by atoms with van der Waals surface area (Å²) in [6.45, 7) is 8.60. The fourth-order valence-corrected chi connectivity index (χ4v) is 4.95. The summed E-state index contributed by atoms with van der Waals surface area (Å²) < 4.78 is 11.7. The minimum absolute atomic E-state index is 0.0420. The van der Waals surface area contributed by atoms with Gasteiger partial charge in [-0.1, -0.05) is 46.0 Å². The van der Waals surface area contributed by atoms with E-state index in [1.54, 1.807) is 0 Å². The molecule has 0 bridgehead atoms. The molecule has 2 saturated carbocycles. The third-order valence-electron chi connectivity index (χ3n) is 7.66. The molecule has 2 fully saturated rings. The molecule has 2 rings (SSSR count). The quantitative estimate of drug-likeness (QED) is 0.297. The van der Waals surface area contributed by atoms with Gasteiger partial charge in [-0.2, -0.15) is 0 Å². The first-order valence-corrected chi connectivity index (χ1v) is 12.2. The molecule has 0 N–H and O–H groups in total. The van der Waals surface area contributed by atoms with Crippen LogP contribution < -0.4 is 0 Å². The molecule has 4 nitrogen and oxygen atoms in total. The summed E-state index contributed by atoms with van der Waals surface area (Å²) >= 11 is 0. The number of hydrogen-bond donors (Lipinski definition) is 0. The van der Waals surface area contributed by atoms with Gasteiger partial charge in [0, 0.05) is 12.8 Å². The van der Waals surface area contributed by atoms with Crippen LogP contribution in [-0.2, 0) is 19.1 Å². The van der Waals surface area contributed by atoms with Crippen LogP contribution >= 0.6 is 0 Å². The zero-order chi connectivity index (χ0) is 21.3. The van der Waals surface area contributed by atoms with Gasteiger partial charge >= 0.3 is 11.9 Å². The third-order valence-corrected chi connectivity index (χ3v) is 7.66. The molecule has 0 aromatic rings. The predicted molar refractivity (Wildman–Crippen MR) is 117 cm³/mol. The lowest BCUT2D eigenvalue weighted by atomic mass is 9.77. The Bertz CT molecular complexity index is 485. The second kappa shape index (κ2) is 11.4. The first-order chi connectivity index (χ1) is 13.8. The van der Waals surface area contributed by atoms with E-state index in [9.17, 15) is 9.59 Å². The Balaban J connectivity index is 1.51. The summed E-state index contributed by atoms with van der Waals surface area (Å²) in [5.74, 6) is 0.831. The molecular formula is C25H44O4. The van der Waals surface area contributed by atoms with Crippen LogP contribution in [0.3, 0.4) is 0 Å². The molecular weight excluding hydrogens is 364 g/mol. The molecule has 0 aromatic heterocycles. The van der Waals surface area contributed by atoms with Gasteiger partial charge in [0.05, 0.1) is 0 Å². The molecule has 4 atom stereocenters. The Morgan fingerprint density at radius 2 is 1.07 bits per heavy atom. The van der Waals surface area contributed by atoms with Crippen LogP contribution in [0.15, 0.2) is 0 Å². The van der Waals surface area contributed by atoms with Crippen molar-refractivity contribution in [2.45, 2.75) is 135 Å². The van der Waals surface area contributed by atoms with Gasteiger partial charge in [-0.25, -0.2) is 0 Å². The molecule has 0 spiro atoms. The highest BCUT2D eigenvalue weighted by atomic mass is 16.6. The largest absolute Gasteiger partial charge is 0.459 e. The minimum Gasteiger partial charge on any atom is -0.459 e. The third kappa shape index (κ3) is 7.61. The van der Waals surface area contributed by atoms with Crippen LogP contribution in [0.2, 0.25) is 0 Å². The Hall–Kier alpha value is -1.06. The summed E-state index contributed by atoms with van der Waals surface area (Å²) in [5, 5.41) is 0. The molecule has 0 radical (unpaired) electrons. The molecule has 168 valence electrons. The molecule has 0 heterocycles. The molecule has 4 heteroatoms. The summed E-state index contributed by atoms with van der Waals surface area (Å²) in [6.07, 6.45) is 15.0. The Kier molecular flexibility index (Phi) is 9.49. The number of unbranched alkanes of at least 4 members (excludes halogenated alkanes) is 4. The van der Waals surface area contributed by atoms with Crippen LogP contribution in [0.1, 0.15) is 124 Å². The second-order valence-electron chi connectivity index (χ2n) is 10.1. The van der Waals surface area contributed by atoms with Gasteiger partial charge in [0.2, 0.25) is 0 Å². The Morgan fingerprint density at radius 1 is 0.690 bits per heavy atom. The van der Waals surface area contributed by atoms with Crippen molar-refractivity contribution < 1.29 is 19.1 Å². The lowest BCUT2D eigenvalue weighted by Gasteiger charge is -2.39. The van der Waals surface area contributed by atoms with E-state index in [1.807, 2.05) is 0 Å². The van der Waals surface area contributed by atoms with Crippen molar-refractivity contribution in [3.05, 3.63) is 0 Å². The van der Waals surface area contributed by atoms with Crippen molar-refractivity contribution in [2.75, 3.05) is 0 Å². The van der Waals surface area contributed by atoms with E-state index in [2.05, 4.69) is 27.7 Å². The van der Waals surface area contributed by atoms with Gasteiger partial charge < -0.3 is 9.47 Å². The average Bonchev–Trinajstić information content (AvgIpc) is 2.66. The molecule has 29 heavy (non-hydrogen) atoms. The van der Waals surface area contributed by atoms with Crippen molar-refractivity contribution in [2.24, 2.45) is 11.8 Å². The van der Waals surface area contributed by atoms with Crippen LogP contribution in [0.4, 0.5) is 0 Å². The summed E-state index contributed by atoms with van der Waals surface area (Å²) in [7, 11) is 0. The van der Waals surface area contributed by atoms with Crippen LogP contribution in [-0.4, -0.2) is 23.1 Å². The maximum Gasteiger partial charge on any atom is 0.306 e. The van der Waals surface area contributed by atoms with E-state index in [4.69, 9.17) is 9.47 Å². The molecule has 0 aromatic carbocycles. The number of carbonyl (C=O) groups excluding carboxylic acids is 2. The van der Waals surface area contributed by atoms with Crippen molar-refractivity contribution in [1.29, 1.82) is 0 Å². The smallest absolute Gasteiger partial charge is 0.306 e. The number of ether oxygens (including phenoxy) is 2. The van der Waals surface area contributed by atoms with Gasteiger partial charge in [-0.05, 0) is 77.0 Å². The number of esters is 2. The summed E-state index contributed by atoms with van der Waals surface area (Å²) in [6, 6.07) is 0. The highest BCUT2D eigenvalue weighted by molar-refractivity contribution is 5.70. The number of hydrogen-bond acceptors (Lipinski definition) is 4. The summed E-state index contributed by atoms with van der Waals surface area (Å²) in [4.78, 5) is 24.4. The SMILES string of the molecule is CC1CCCCC1(C)OC(=O)CCCCCCCC(=O)OC1(C)CCCCC1C. The summed E-state index contributed by atoms with van der Waals surface area (Å²) in [5.41, 5.74) is -0.523. The van der Waals surface area contributed by atoms with E-state index in [1.165, 1.54) is 12.8 Å². The Labute approximate surface area is 178 Å². The van der Waals surface area contributed by atoms with Crippen LogP contribution in [0.5, 0.6) is 0 Å². The zero-order valence-electron chi connectivity index (χ0n) is 19.4. The first kappa shape index (κ1) is 24.2. The monoisotopic (exact) mass is 408 g/mol. The lowest BCUT2D eigenvalue weighted by Crippen LogP contribution is -2.40. The highest BCUT2D eigenvalue weighted by Gasteiger charge is 2.37. The van der Waals surface area contributed by atoms with E-state index in [0.717, 1.165) is 70.6 Å². The van der Waals surface area contributed by atoms with E-state index in [-0.39, 0.29) is 23.1 Å². The minimum atomic E-state index is -0.262. The molecule has 0 amide bonds.